The van der Waals surface area contributed by atoms with Crippen molar-refractivity contribution in [2.75, 3.05) is 13.2 Å². The molecule has 1 atom stereocenters. The number of allylic oxidation sites excluding steroid dienone is 24. The van der Waals surface area contributed by atoms with Crippen LogP contribution in [0.5, 0.6) is 0 Å². The number of esters is 3. The average molecular weight is 1020 g/mol. The van der Waals surface area contributed by atoms with Crippen LogP contribution in [0, 0.1) is 0 Å². The highest BCUT2D eigenvalue weighted by molar-refractivity contribution is 5.71. The molecule has 0 rings (SSSR count). The second-order valence-electron chi connectivity index (χ2n) is 19.1. The number of ether oxygens (including phenoxy) is 3. The molecule has 0 aromatic heterocycles. The zero-order valence-corrected chi connectivity index (χ0v) is 47.5. The van der Waals surface area contributed by atoms with E-state index >= 15 is 0 Å². The summed E-state index contributed by atoms with van der Waals surface area (Å²) in [6.07, 6.45) is 86.9. The van der Waals surface area contributed by atoms with Crippen LogP contribution in [-0.4, -0.2) is 37.2 Å². The smallest absolute Gasteiger partial charge is 0.306 e. The van der Waals surface area contributed by atoms with Crippen molar-refractivity contribution in [1.82, 2.24) is 0 Å². The second kappa shape index (κ2) is 60.8. The predicted molar refractivity (Wildman–Crippen MR) is 320 cm³/mol. The SMILES string of the molecule is CC/C=C\C/C=C\C/C=C\C/C=C\C/C=C\CCCCCCCC(=O)OCC(COC(=O)CCCCCCC/C=C\C/C=C\CCCCCC)OC(=O)CCCCC/C=C\C/C=C\C/C=C\C/C=C\C/C=C\CC. The van der Waals surface area contributed by atoms with Gasteiger partial charge >= 0.3 is 17.9 Å². The van der Waals surface area contributed by atoms with Crippen LogP contribution < -0.4 is 0 Å². The molecule has 6 heteroatoms. The molecule has 0 N–H and O–H groups in total. The lowest BCUT2D eigenvalue weighted by Crippen LogP contribution is -2.30. The minimum Gasteiger partial charge on any atom is -0.462 e. The first-order chi connectivity index (χ1) is 36.5. The Kier molecular flexibility index (Phi) is 57.0. The molecule has 0 aliphatic carbocycles. The van der Waals surface area contributed by atoms with Crippen LogP contribution in [-0.2, 0) is 28.6 Å². The Labute approximate surface area is 455 Å². The van der Waals surface area contributed by atoms with E-state index in [1.807, 2.05) is 0 Å². The zero-order valence-electron chi connectivity index (χ0n) is 47.5. The Morgan fingerprint density at radius 3 is 0.838 bits per heavy atom. The molecule has 1 unspecified atom stereocenters. The van der Waals surface area contributed by atoms with Crippen molar-refractivity contribution in [3.05, 3.63) is 146 Å². The summed E-state index contributed by atoms with van der Waals surface area (Å²) in [4.78, 5) is 38.3. The van der Waals surface area contributed by atoms with Crippen molar-refractivity contribution in [3.8, 4) is 0 Å². The minimum absolute atomic E-state index is 0.111. The van der Waals surface area contributed by atoms with Gasteiger partial charge < -0.3 is 14.2 Å². The van der Waals surface area contributed by atoms with E-state index in [0.717, 1.165) is 167 Å². The van der Waals surface area contributed by atoms with E-state index in [0.29, 0.717) is 19.3 Å². The van der Waals surface area contributed by atoms with Gasteiger partial charge in [0, 0.05) is 19.3 Å². The van der Waals surface area contributed by atoms with Gasteiger partial charge in [-0.1, -0.05) is 231 Å². The van der Waals surface area contributed by atoms with Gasteiger partial charge in [0.05, 0.1) is 0 Å². The Bertz CT molecular complexity index is 1640. The maximum atomic E-state index is 12.9. The third-order valence-corrected chi connectivity index (χ3v) is 12.1. The Balaban J connectivity index is 4.54. The molecule has 0 aliphatic rings. The van der Waals surface area contributed by atoms with Gasteiger partial charge in [-0.3, -0.25) is 14.4 Å². The summed E-state index contributed by atoms with van der Waals surface area (Å²) >= 11 is 0. The monoisotopic (exact) mass is 1020 g/mol. The Hall–Kier alpha value is -4.71. The fraction of sp³-hybridized carbons (Fsp3) is 0.603. The maximum absolute atomic E-state index is 12.9. The van der Waals surface area contributed by atoms with Gasteiger partial charge in [-0.25, -0.2) is 0 Å². The summed E-state index contributed by atoms with van der Waals surface area (Å²) in [5, 5.41) is 0. The van der Waals surface area contributed by atoms with Crippen LogP contribution in [0.3, 0.4) is 0 Å². The quantitative estimate of drug-likeness (QED) is 0.0261. The summed E-state index contributed by atoms with van der Waals surface area (Å²) in [5.74, 6) is -0.979. The highest BCUT2D eigenvalue weighted by Crippen LogP contribution is 2.13. The molecule has 0 bridgehead atoms. The van der Waals surface area contributed by atoms with Crippen molar-refractivity contribution in [2.24, 2.45) is 0 Å². The fourth-order valence-electron chi connectivity index (χ4n) is 7.64. The normalized spacial score (nSPS) is 13.2. The molecule has 0 aromatic carbocycles. The molecule has 0 aliphatic heterocycles. The lowest BCUT2D eigenvalue weighted by atomic mass is 10.1. The highest BCUT2D eigenvalue weighted by Gasteiger charge is 2.19. The van der Waals surface area contributed by atoms with Crippen LogP contribution in [0.15, 0.2) is 146 Å². The first kappa shape index (κ1) is 69.3. The van der Waals surface area contributed by atoms with Crippen molar-refractivity contribution >= 4 is 17.9 Å². The molecular formula is C68H108O6. The molecule has 6 nitrogen and oxygen atoms in total. The van der Waals surface area contributed by atoms with Gasteiger partial charge in [-0.05, 0) is 141 Å². The summed E-state index contributed by atoms with van der Waals surface area (Å²) in [6.45, 7) is 6.33. The first-order valence-electron chi connectivity index (χ1n) is 29.8. The van der Waals surface area contributed by atoms with E-state index < -0.39 is 6.10 Å². The van der Waals surface area contributed by atoms with Gasteiger partial charge in [0.25, 0.3) is 0 Å². The number of rotatable bonds is 52. The van der Waals surface area contributed by atoms with E-state index in [1.54, 1.807) is 0 Å². The van der Waals surface area contributed by atoms with Crippen LogP contribution in [0.25, 0.3) is 0 Å². The summed E-state index contributed by atoms with van der Waals surface area (Å²) in [7, 11) is 0. The standard InChI is InChI=1S/C68H108O6/c1-4-7-10-13-16-19-22-25-28-31-33-34-36-37-40-43-46-49-52-55-58-61-67(70)73-64-65(63-72-66(69)60-57-54-51-48-45-42-39-30-27-24-21-18-15-12-9-6-3)74-68(71)62-59-56-53-50-47-44-41-38-35-32-29-26-23-20-17-14-11-8-5-2/h7-8,10-11,16-17,19-21,24-26,28-30,33-35,37-40,44,47,65H,4-6,9,12-15,18,22-23,27,31-32,36,41-43,45-46,48-64H2,1-3H3/b10-7-,11-8-,19-16-,20-17-,24-21-,28-25-,29-26-,34-33-,38-35-,39-30-,40-37-,47-44-. The second-order valence-corrected chi connectivity index (χ2v) is 19.1. The van der Waals surface area contributed by atoms with Crippen molar-refractivity contribution in [3.63, 3.8) is 0 Å². The number of hydrogen-bond donors (Lipinski definition) is 0. The molecule has 0 aromatic rings. The summed E-state index contributed by atoms with van der Waals surface area (Å²) in [5.41, 5.74) is 0. The molecule has 0 radical (unpaired) electrons. The first-order valence-corrected chi connectivity index (χ1v) is 29.8. The van der Waals surface area contributed by atoms with E-state index in [-0.39, 0.29) is 37.5 Å². The largest absolute Gasteiger partial charge is 0.462 e. The lowest BCUT2D eigenvalue weighted by Gasteiger charge is -2.18. The third kappa shape index (κ3) is 58.2. The van der Waals surface area contributed by atoms with Crippen molar-refractivity contribution < 1.29 is 28.6 Å². The third-order valence-electron chi connectivity index (χ3n) is 12.1. The van der Waals surface area contributed by atoms with E-state index in [4.69, 9.17) is 14.2 Å². The van der Waals surface area contributed by atoms with Crippen LogP contribution >= 0.6 is 0 Å². The molecule has 0 saturated carbocycles. The fourth-order valence-corrected chi connectivity index (χ4v) is 7.64. The number of hydrogen-bond acceptors (Lipinski definition) is 6. The van der Waals surface area contributed by atoms with Gasteiger partial charge in [-0.2, -0.15) is 0 Å². The van der Waals surface area contributed by atoms with Gasteiger partial charge in [0.1, 0.15) is 13.2 Å². The number of carbonyl (C=O) groups is 3. The predicted octanol–water partition coefficient (Wildman–Crippen LogP) is 20.4. The lowest BCUT2D eigenvalue weighted by molar-refractivity contribution is -0.167. The molecule has 416 valence electrons. The molecule has 0 fully saturated rings. The summed E-state index contributed by atoms with van der Waals surface area (Å²) in [6, 6.07) is 0. The molecule has 0 amide bonds. The van der Waals surface area contributed by atoms with Gasteiger partial charge in [0.15, 0.2) is 6.10 Å². The van der Waals surface area contributed by atoms with Crippen LogP contribution in [0.4, 0.5) is 0 Å². The van der Waals surface area contributed by atoms with Gasteiger partial charge in [-0.15, -0.1) is 0 Å². The average Bonchev–Trinajstić information content (AvgIpc) is 3.40. The Morgan fingerprint density at radius 2 is 0.527 bits per heavy atom. The van der Waals surface area contributed by atoms with Crippen LogP contribution in [0.1, 0.15) is 245 Å². The minimum atomic E-state index is -0.818. The molecule has 0 heterocycles. The zero-order chi connectivity index (χ0) is 53.6. The number of carbonyl (C=O) groups excluding carboxylic acids is 3. The van der Waals surface area contributed by atoms with E-state index in [1.165, 1.54) is 32.1 Å². The Morgan fingerprint density at radius 1 is 0.284 bits per heavy atom. The van der Waals surface area contributed by atoms with Crippen molar-refractivity contribution in [2.45, 2.75) is 252 Å². The summed E-state index contributed by atoms with van der Waals surface area (Å²) < 4.78 is 16.8. The molecular weight excluding hydrogens is 913 g/mol. The highest BCUT2D eigenvalue weighted by atomic mass is 16.6. The van der Waals surface area contributed by atoms with Crippen molar-refractivity contribution in [1.29, 1.82) is 0 Å². The van der Waals surface area contributed by atoms with Gasteiger partial charge in [0.2, 0.25) is 0 Å². The molecule has 0 saturated heterocycles. The molecule has 74 heavy (non-hydrogen) atoms. The van der Waals surface area contributed by atoms with Crippen LogP contribution in [0.2, 0.25) is 0 Å². The van der Waals surface area contributed by atoms with E-state index in [9.17, 15) is 14.4 Å². The topological polar surface area (TPSA) is 78.9 Å². The maximum Gasteiger partial charge on any atom is 0.306 e. The molecule has 0 spiro atoms. The number of unbranched alkanes of at least 4 members (excludes halogenated alkanes) is 17. The van der Waals surface area contributed by atoms with E-state index in [2.05, 4.69) is 167 Å².